The molecule has 0 aliphatic rings. The molecule has 0 atom stereocenters. The van der Waals surface area contributed by atoms with Crippen molar-refractivity contribution >= 4 is 35.8 Å². The Hall–Kier alpha value is -3.49. The van der Waals surface area contributed by atoms with E-state index in [-0.39, 0.29) is 17.1 Å². The van der Waals surface area contributed by atoms with Gasteiger partial charge in [-0.05, 0) is 30.3 Å². The molecule has 5 nitrogen and oxygen atoms in total. The molecule has 0 heterocycles. The third-order valence-electron chi connectivity index (χ3n) is 3.61. The van der Waals surface area contributed by atoms with Crippen LogP contribution in [0.3, 0.4) is 0 Å². The minimum atomic E-state index is -4.53. The van der Waals surface area contributed by atoms with E-state index in [1.54, 1.807) is 0 Å². The van der Waals surface area contributed by atoms with E-state index in [4.69, 9.17) is 4.74 Å². The lowest BCUT2D eigenvalue weighted by Gasteiger charge is -2.09. The fourth-order valence-corrected chi connectivity index (χ4v) is 2.22. The molecule has 0 N–H and O–H groups in total. The Balaban J connectivity index is 2.29. The van der Waals surface area contributed by atoms with Gasteiger partial charge in [0, 0.05) is 24.1 Å². The van der Waals surface area contributed by atoms with Gasteiger partial charge in [-0.3, -0.25) is 9.98 Å². The van der Waals surface area contributed by atoms with Gasteiger partial charge in [0.15, 0.2) is 0 Å². The van der Waals surface area contributed by atoms with Gasteiger partial charge >= 0.3 is 12.1 Å². The van der Waals surface area contributed by atoms with Crippen LogP contribution in [-0.4, -0.2) is 32.6 Å². The van der Waals surface area contributed by atoms with Gasteiger partial charge in [-0.25, -0.2) is 9.18 Å². The number of esters is 1. The number of carbonyl (C=O) groups is 1. The van der Waals surface area contributed by atoms with E-state index < -0.39 is 23.5 Å². The van der Waals surface area contributed by atoms with Crippen LogP contribution in [0.1, 0.15) is 11.1 Å². The minimum Gasteiger partial charge on any atom is -0.494 e. The van der Waals surface area contributed by atoms with E-state index in [1.807, 2.05) is 0 Å². The van der Waals surface area contributed by atoms with Gasteiger partial charge < -0.3 is 9.47 Å². The van der Waals surface area contributed by atoms with Crippen LogP contribution in [0.5, 0.6) is 5.75 Å². The highest BCUT2D eigenvalue weighted by Crippen LogP contribution is 2.36. The van der Waals surface area contributed by atoms with Crippen LogP contribution in [0.2, 0.25) is 0 Å². The third-order valence-corrected chi connectivity index (χ3v) is 3.61. The van der Waals surface area contributed by atoms with Crippen LogP contribution in [0.4, 0.5) is 28.9 Å². The van der Waals surface area contributed by atoms with Crippen molar-refractivity contribution in [1.82, 2.24) is 0 Å². The molecule has 0 saturated heterocycles. The van der Waals surface area contributed by atoms with Gasteiger partial charge in [-0.1, -0.05) is 12.1 Å². The first-order chi connectivity index (χ1) is 13.8. The summed E-state index contributed by atoms with van der Waals surface area (Å²) in [5.74, 6) is -1.14. The van der Waals surface area contributed by atoms with Crippen LogP contribution in [0.25, 0.3) is 6.08 Å². The number of aliphatic imine (C=N–C) groups is 2. The molecule has 0 spiro atoms. The zero-order valence-corrected chi connectivity index (χ0v) is 15.4. The molecule has 9 heteroatoms. The fourth-order valence-electron chi connectivity index (χ4n) is 2.22. The summed E-state index contributed by atoms with van der Waals surface area (Å²) in [6.07, 6.45) is 0.133. The summed E-state index contributed by atoms with van der Waals surface area (Å²) in [5.41, 5.74) is -0.716. The van der Waals surface area contributed by atoms with Gasteiger partial charge in [0.25, 0.3) is 0 Å². The number of rotatable bonds is 6. The smallest absolute Gasteiger partial charge is 0.416 e. The topological polar surface area (TPSA) is 60.2 Å². The lowest BCUT2D eigenvalue weighted by atomic mass is 10.1. The number of ether oxygens (including phenoxy) is 2. The summed E-state index contributed by atoms with van der Waals surface area (Å²) in [5, 5.41) is 0. The maximum absolute atomic E-state index is 14.1. The van der Waals surface area contributed by atoms with Crippen molar-refractivity contribution in [1.29, 1.82) is 0 Å². The molecule has 2 aromatic carbocycles. The Kier molecular flexibility index (Phi) is 7.24. The predicted molar refractivity (Wildman–Crippen MR) is 102 cm³/mol. The average Bonchev–Trinajstić information content (AvgIpc) is 2.69. The molecule has 0 aromatic heterocycles. The first kappa shape index (κ1) is 21.8. The molecule has 152 valence electrons. The summed E-state index contributed by atoms with van der Waals surface area (Å²) >= 11 is 0. The Morgan fingerprint density at radius 1 is 1.07 bits per heavy atom. The normalized spacial score (nSPS) is 12.2. The number of carbonyl (C=O) groups excluding carboxylic acids is 1. The maximum Gasteiger partial charge on any atom is 0.416 e. The van der Waals surface area contributed by atoms with E-state index >= 15 is 0 Å². The summed E-state index contributed by atoms with van der Waals surface area (Å²) < 4.78 is 62.1. The van der Waals surface area contributed by atoms with Crippen LogP contribution >= 0.6 is 0 Å². The molecule has 0 bridgehead atoms. The summed E-state index contributed by atoms with van der Waals surface area (Å²) in [7, 11) is 2.50. The largest absolute Gasteiger partial charge is 0.494 e. The predicted octanol–water partition coefficient (Wildman–Crippen LogP) is 5.14. The molecule has 0 unspecified atom stereocenters. The average molecular weight is 408 g/mol. The molecular formula is C20H16F4N2O3. The van der Waals surface area contributed by atoms with Gasteiger partial charge in [0.2, 0.25) is 0 Å². The molecule has 29 heavy (non-hydrogen) atoms. The highest BCUT2D eigenvalue weighted by molar-refractivity contribution is 6.17. The maximum atomic E-state index is 14.1. The molecule has 0 radical (unpaired) electrons. The summed E-state index contributed by atoms with van der Waals surface area (Å²) in [6.45, 7) is 0. The summed E-state index contributed by atoms with van der Waals surface area (Å²) in [6, 6.07) is 7.01. The standard InChI is InChI=1S/C20H16F4N2O3/c1-28-17-8-7-14(20(22,23)24)12-16(17)25-10-11-26-19-13(4-3-5-15(19)21)6-9-18(27)29-2/h3-12H,1-2H3/b9-6+,25-10?,26-11?. The number of alkyl halides is 3. The van der Waals surface area contributed by atoms with Crippen LogP contribution in [0.15, 0.2) is 52.5 Å². The summed E-state index contributed by atoms with van der Waals surface area (Å²) in [4.78, 5) is 19.0. The second kappa shape index (κ2) is 9.63. The van der Waals surface area contributed by atoms with Crippen molar-refractivity contribution in [2.24, 2.45) is 9.98 Å². The molecule has 0 aliphatic carbocycles. The van der Waals surface area contributed by atoms with Crippen molar-refractivity contribution in [2.45, 2.75) is 6.18 Å². The van der Waals surface area contributed by atoms with Gasteiger partial charge in [-0.15, -0.1) is 0 Å². The Morgan fingerprint density at radius 2 is 1.79 bits per heavy atom. The molecule has 0 fully saturated rings. The van der Waals surface area contributed by atoms with Crippen LogP contribution in [-0.2, 0) is 15.7 Å². The Bertz CT molecular complexity index is 967. The Labute approximate surface area is 164 Å². The van der Waals surface area contributed by atoms with E-state index in [0.29, 0.717) is 5.56 Å². The van der Waals surface area contributed by atoms with E-state index in [2.05, 4.69) is 14.7 Å². The number of benzene rings is 2. The molecule has 0 aliphatic heterocycles. The van der Waals surface area contributed by atoms with Crippen LogP contribution in [0, 0.1) is 5.82 Å². The quantitative estimate of drug-likeness (QED) is 0.288. The number of methoxy groups -OCH3 is 2. The SMILES string of the molecule is COC(=O)/C=C/c1cccc(F)c1N=CC=Nc1cc(C(F)(F)F)ccc1OC. The first-order valence-electron chi connectivity index (χ1n) is 8.12. The van der Waals surface area contributed by atoms with Crippen molar-refractivity contribution in [3.8, 4) is 5.75 Å². The highest BCUT2D eigenvalue weighted by Gasteiger charge is 2.31. The van der Waals surface area contributed by atoms with E-state index in [1.165, 1.54) is 38.5 Å². The van der Waals surface area contributed by atoms with E-state index in [0.717, 1.165) is 36.7 Å². The molecule has 0 saturated carbocycles. The van der Waals surface area contributed by atoms with E-state index in [9.17, 15) is 22.4 Å². The van der Waals surface area contributed by atoms with Crippen molar-refractivity contribution < 1.29 is 31.8 Å². The van der Waals surface area contributed by atoms with Gasteiger partial charge in [0.1, 0.15) is 22.9 Å². The number of nitrogens with zero attached hydrogens (tertiary/aromatic N) is 2. The zero-order chi connectivity index (χ0) is 21.4. The number of hydrogen-bond donors (Lipinski definition) is 0. The van der Waals surface area contributed by atoms with Crippen molar-refractivity contribution in [2.75, 3.05) is 14.2 Å². The number of hydrogen-bond acceptors (Lipinski definition) is 5. The lowest BCUT2D eigenvalue weighted by molar-refractivity contribution is -0.137. The second-order valence-corrected chi connectivity index (χ2v) is 5.47. The minimum absolute atomic E-state index is 0.0619. The fraction of sp³-hybridized carbons (Fsp3) is 0.150. The second-order valence-electron chi connectivity index (χ2n) is 5.47. The molecule has 2 aromatic rings. The number of para-hydroxylation sites is 1. The monoisotopic (exact) mass is 408 g/mol. The Morgan fingerprint density at radius 3 is 2.45 bits per heavy atom. The van der Waals surface area contributed by atoms with Crippen molar-refractivity contribution in [3.63, 3.8) is 0 Å². The van der Waals surface area contributed by atoms with Gasteiger partial charge in [0.05, 0.1) is 19.8 Å². The zero-order valence-electron chi connectivity index (χ0n) is 15.4. The first-order valence-corrected chi connectivity index (χ1v) is 8.12. The molecule has 0 amide bonds. The molecule has 2 rings (SSSR count). The number of halogens is 4. The van der Waals surface area contributed by atoms with Crippen molar-refractivity contribution in [3.05, 3.63) is 59.4 Å². The molecular weight excluding hydrogens is 392 g/mol. The highest BCUT2D eigenvalue weighted by atomic mass is 19.4. The third kappa shape index (κ3) is 6.00. The lowest BCUT2D eigenvalue weighted by Crippen LogP contribution is -2.04. The van der Waals surface area contributed by atoms with Gasteiger partial charge in [-0.2, -0.15) is 13.2 Å². The van der Waals surface area contributed by atoms with Crippen LogP contribution < -0.4 is 4.74 Å².